The number of nitrogens with one attached hydrogen (secondary N) is 2. The van der Waals surface area contributed by atoms with Crippen molar-refractivity contribution in [1.29, 1.82) is 0 Å². The molecule has 0 saturated heterocycles. The molecule has 1 fully saturated rings. The summed E-state index contributed by atoms with van der Waals surface area (Å²) in [4.78, 5) is 23.6. The molecular formula is C16H19FN2O2. The van der Waals surface area contributed by atoms with Gasteiger partial charge in [0.2, 0.25) is 11.8 Å². The minimum atomic E-state index is -0.436. The molecule has 2 amide bonds. The van der Waals surface area contributed by atoms with Crippen molar-refractivity contribution >= 4 is 23.2 Å². The summed E-state index contributed by atoms with van der Waals surface area (Å²) in [6.07, 6.45) is 5.93. The number of fused-ring (bicyclic) bond motifs is 1. The number of rotatable bonds is 2. The Morgan fingerprint density at radius 2 is 1.95 bits per heavy atom. The van der Waals surface area contributed by atoms with E-state index in [1.165, 1.54) is 18.6 Å². The maximum Gasteiger partial charge on any atom is 0.227 e. The molecule has 21 heavy (non-hydrogen) atoms. The second-order valence-electron chi connectivity index (χ2n) is 5.86. The predicted octanol–water partition coefficient (Wildman–Crippen LogP) is 3.23. The van der Waals surface area contributed by atoms with Gasteiger partial charge in [0.15, 0.2) is 0 Å². The summed E-state index contributed by atoms with van der Waals surface area (Å²) < 4.78 is 14.1. The van der Waals surface area contributed by atoms with E-state index in [0.717, 1.165) is 31.2 Å². The van der Waals surface area contributed by atoms with Crippen molar-refractivity contribution in [2.24, 2.45) is 5.92 Å². The average Bonchev–Trinajstić information content (AvgIpc) is 2.49. The Kier molecular flexibility index (Phi) is 3.90. The smallest absolute Gasteiger partial charge is 0.227 e. The first-order valence-corrected chi connectivity index (χ1v) is 7.56. The SMILES string of the molecule is O=C1CCc2cc(F)c(NC(=O)C3CCCCC3)cc2N1. The molecule has 1 aromatic rings. The molecule has 112 valence electrons. The van der Waals surface area contributed by atoms with Crippen molar-refractivity contribution in [3.63, 3.8) is 0 Å². The second kappa shape index (κ2) is 5.84. The largest absolute Gasteiger partial charge is 0.326 e. The average molecular weight is 290 g/mol. The molecule has 1 heterocycles. The van der Waals surface area contributed by atoms with Gasteiger partial charge in [0.1, 0.15) is 5.82 Å². The van der Waals surface area contributed by atoms with E-state index in [2.05, 4.69) is 10.6 Å². The van der Waals surface area contributed by atoms with E-state index in [4.69, 9.17) is 0 Å². The molecule has 0 radical (unpaired) electrons. The highest BCUT2D eigenvalue weighted by Gasteiger charge is 2.23. The fourth-order valence-corrected chi connectivity index (χ4v) is 3.09. The topological polar surface area (TPSA) is 58.2 Å². The van der Waals surface area contributed by atoms with Gasteiger partial charge in [-0.05, 0) is 37.0 Å². The molecule has 0 bridgehead atoms. The van der Waals surface area contributed by atoms with Crippen LogP contribution in [0, 0.1) is 11.7 Å². The van der Waals surface area contributed by atoms with Crippen LogP contribution >= 0.6 is 0 Å². The quantitative estimate of drug-likeness (QED) is 0.878. The van der Waals surface area contributed by atoms with Gasteiger partial charge in [-0.15, -0.1) is 0 Å². The zero-order chi connectivity index (χ0) is 14.8. The third kappa shape index (κ3) is 3.06. The maximum absolute atomic E-state index is 14.1. The summed E-state index contributed by atoms with van der Waals surface area (Å²) in [6.45, 7) is 0. The molecule has 1 aromatic carbocycles. The van der Waals surface area contributed by atoms with Crippen LogP contribution in [0.4, 0.5) is 15.8 Å². The minimum absolute atomic E-state index is 0.0243. The lowest BCUT2D eigenvalue weighted by Crippen LogP contribution is -2.26. The zero-order valence-electron chi connectivity index (χ0n) is 11.9. The molecule has 5 heteroatoms. The first kappa shape index (κ1) is 14.0. The third-order valence-electron chi connectivity index (χ3n) is 4.32. The van der Waals surface area contributed by atoms with Crippen LogP contribution in [-0.4, -0.2) is 11.8 Å². The number of anilines is 2. The fourth-order valence-electron chi connectivity index (χ4n) is 3.09. The Balaban J connectivity index is 1.77. The lowest BCUT2D eigenvalue weighted by molar-refractivity contribution is -0.120. The van der Waals surface area contributed by atoms with Crippen LogP contribution in [0.5, 0.6) is 0 Å². The molecule has 0 spiro atoms. The number of carbonyl (C=O) groups excluding carboxylic acids is 2. The highest BCUT2D eigenvalue weighted by atomic mass is 19.1. The Morgan fingerprint density at radius 1 is 1.19 bits per heavy atom. The lowest BCUT2D eigenvalue weighted by Gasteiger charge is -2.22. The highest BCUT2D eigenvalue weighted by molar-refractivity contribution is 5.97. The first-order valence-electron chi connectivity index (χ1n) is 7.56. The van der Waals surface area contributed by atoms with Gasteiger partial charge >= 0.3 is 0 Å². The van der Waals surface area contributed by atoms with Crippen molar-refractivity contribution in [2.45, 2.75) is 44.9 Å². The molecule has 1 aliphatic heterocycles. The highest BCUT2D eigenvalue weighted by Crippen LogP contribution is 2.30. The van der Waals surface area contributed by atoms with Crippen LogP contribution in [0.15, 0.2) is 12.1 Å². The summed E-state index contributed by atoms with van der Waals surface area (Å²) >= 11 is 0. The van der Waals surface area contributed by atoms with Crippen LogP contribution in [0.1, 0.15) is 44.1 Å². The van der Waals surface area contributed by atoms with E-state index in [1.54, 1.807) is 0 Å². The molecule has 1 saturated carbocycles. The van der Waals surface area contributed by atoms with Gasteiger partial charge in [-0.2, -0.15) is 0 Å². The lowest BCUT2D eigenvalue weighted by atomic mass is 9.88. The Hall–Kier alpha value is -1.91. The number of amides is 2. The number of carbonyl (C=O) groups is 2. The molecule has 3 rings (SSSR count). The van der Waals surface area contributed by atoms with Crippen molar-refractivity contribution < 1.29 is 14.0 Å². The molecule has 0 unspecified atom stereocenters. The first-order chi connectivity index (χ1) is 10.1. The van der Waals surface area contributed by atoms with Crippen molar-refractivity contribution in [1.82, 2.24) is 0 Å². The number of hydrogen-bond donors (Lipinski definition) is 2. The van der Waals surface area contributed by atoms with Crippen LogP contribution in [0.25, 0.3) is 0 Å². The van der Waals surface area contributed by atoms with Crippen LogP contribution in [0.2, 0.25) is 0 Å². The van der Waals surface area contributed by atoms with Crippen LogP contribution < -0.4 is 10.6 Å². The molecule has 4 nitrogen and oxygen atoms in total. The molecule has 1 aliphatic carbocycles. The van der Waals surface area contributed by atoms with Gasteiger partial charge in [0.05, 0.1) is 5.69 Å². The van der Waals surface area contributed by atoms with Gasteiger partial charge in [0.25, 0.3) is 0 Å². The van der Waals surface area contributed by atoms with Gasteiger partial charge in [-0.3, -0.25) is 9.59 Å². The summed E-state index contributed by atoms with van der Waals surface area (Å²) in [7, 11) is 0. The molecular weight excluding hydrogens is 271 g/mol. The summed E-state index contributed by atoms with van der Waals surface area (Å²) in [5, 5.41) is 5.40. The molecule has 2 N–H and O–H groups in total. The zero-order valence-corrected chi connectivity index (χ0v) is 11.9. The third-order valence-corrected chi connectivity index (χ3v) is 4.32. The van der Waals surface area contributed by atoms with Crippen LogP contribution in [0.3, 0.4) is 0 Å². The summed E-state index contributed by atoms with van der Waals surface area (Å²) in [5.41, 5.74) is 1.54. The normalized spacial score (nSPS) is 18.8. The Bertz CT molecular complexity index is 580. The van der Waals surface area contributed by atoms with E-state index in [9.17, 15) is 14.0 Å². The van der Waals surface area contributed by atoms with Gasteiger partial charge in [-0.25, -0.2) is 4.39 Å². The maximum atomic E-state index is 14.1. The number of benzene rings is 1. The van der Waals surface area contributed by atoms with E-state index in [-0.39, 0.29) is 23.4 Å². The Labute approximate surface area is 123 Å². The molecule has 2 aliphatic rings. The van der Waals surface area contributed by atoms with Gasteiger partial charge in [-0.1, -0.05) is 19.3 Å². The Morgan fingerprint density at radius 3 is 2.71 bits per heavy atom. The predicted molar refractivity (Wildman–Crippen MR) is 78.6 cm³/mol. The number of aryl methyl sites for hydroxylation is 1. The monoisotopic (exact) mass is 290 g/mol. The van der Waals surface area contributed by atoms with E-state index in [0.29, 0.717) is 18.5 Å². The van der Waals surface area contributed by atoms with E-state index >= 15 is 0 Å². The van der Waals surface area contributed by atoms with Gasteiger partial charge < -0.3 is 10.6 Å². The van der Waals surface area contributed by atoms with E-state index < -0.39 is 5.82 Å². The standard InChI is InChI=1S/C16H19FN2O2/c17-12-8-11-6-7-15(20)18-13(11)9-14(12)19-16(21)10-4-2-1-3-5-10/h8-10H,1-7H2,(H,18,20)(H,19,21). The molecule has 0 atom stereocenters. The minimum Gasteiger partial charge on any atom is -0.326 e. The summed E-state index contributed by atoms with van der Waals surface area (Å²) in [6, 6.07) is 2.94. The van der Waals surface area contributed by atoms with Crippen LogP contribution in [-0.2, 0) is 16.0 Å². The van der Waals surface area contributed by atoms with Crippen molar-refractivity contribution in [3.8, 4) is 0 Å². The fraction of sp³-hybridized carbons (Fsp3) is 0.500. The molecule has 0 aromatic heterocycles. The van der Waals surface area contributed by atoms with Gasteiger partial charge in [0, 0.05) is 18.0 Å². The van der Waals surface area contributed by atoms with Crippen molar-refractivity contribution in [2.75, 3.05) is 10.6 Å². The summed E-state index contributed by atoms with van der Waals surface area (Å²) in [5.74, 6) is -0.646. The number of hydrogen-bond acceptors (Lipinski definition) is 2. The van der Waals surface area contributed by atoms with E-state index in [1.807, 2.05) is 0 Å². The second-order valence-corrected chi connectivity index (χ2v) is 5.86. The number of halogens is 1. The van der Waals surface area contributed by atoms with Crippen molar-refractivity contribution in [3.05, 3.63) is 23.5 Å².